The molecule has 0 aliphatic carbocycles. The van der Waals surface area contributed by atoms with Crippen molar-refractivity contribution in [1.29, 1.82) is 0 Å². The van der Waals surface area contributed by atoms with Crippen molar-refractivity contribution in [3.8, 4) is 0 Å². The highest BCUT2D eigenvalue weighted by molar-refractivity contribution is 7.88. The highest BCUT2D eigenvalue weighted by atomic mass is 32.2. The zero-order chi connectivity index (χ0) is 19.4. The second-order valence-corrected chi connectivity index (χ2v) is 9.44. The van der Waals surface area contributed by atoms with Gasteiger partial charge in [-0.05, 0) is 19.4 Å². The van der Waals surface area contributed by atoms with Gasteiger partial charge in [0.05, 0.1) is 24.5 Å². The lowest BCUT2D eigenvalue weighted by atomic mass is 10.2. The number of hydrogen-bond donors (Lipinski definition) is 0. The number of carbonyl (C=O) groups is 1. The molecule has 7 nitrogen and oxygen atoms in total. The van der Waals surface area contributed by atoms with Gasteiger partial charge in [-0.1, -0.05) is 30.3 Å². The Labute approximate surface area is 161 Å². The Morgan fingerprint density at radius 3 is 2.22 bits per heavy atom. The van der Waals surface area contributed by atoms with Gasteiger partial charge in [-0.2, -0.15) is 4.31 Å². The first-order valence-electron chi connectivity index (χ1n) is 9.51. The van der Waals surface area contributed by atoms with Gasteiger partial charge in [0.25, 0.3) is 0 Å². The number of morpholine rings is 1. The molecule has 0 aromatic heterocycles. The molecule has 0 bridgehead atoms. The van der Waals surface area contributed by atoms with Gasteiger partial charge in [0.2, 0.25) is 15.9 Å². The van der Waals surface area contributed by atoms with Crippen LogP contribution in [0.15, 0.2) is 30.3 Å². The van der Waals surface area contributed by atoms with Crippen molar-refractivity contribution in [1.82, 2.24) is 14.1 Å². The minimum absolute atomic E-state index is 0.00530. The van der Waals surface area contributed by atoms with Gasteiger partial charge >= 0.3 is 0 Å². The first-order valence-corrected chi connectivity index (χ1v) is 11.1. The quantitative estimate of drug-likeness (QED) is 0.737. The Morgan fingerprint density at radius 2 is 1.63 bits per heavy atom. The van der Waals surface area contributed by atoms with E-state index in [1.54, 1.807) is 4.90 Å². The third-order valence-electron chi connectivity index (χ3n) is 5.03. The monoisotopic (exact) mass is 395 g/mol. The Balaban J connectivity index is 1.50. The van der Waals surface area contributed by atoms with Gasteiger partial charge < -0.3 is 9.64 Å². The van der Waals surface area contributed by atoms with Gasteiger partial charge in [0.15, 0.2) is 0 Å². The highest BCUT2D eigenvalue weighted by Gasteiger charge is 2.30. The number of rotatable bonds is 5. The lowest BCUT2D eigenvalue weighted by Gasteiger charge is -2.38. The number of hydrogen-bond acceptors (Lipinski definition) is 5. The summed E-state index contributed by atoms with van der Waals surface area (Å²) in [7, 11) is -3.36. The molecular formula is C19H29N3O4S. The van der Waals surface area contributed by atoms with Crippen LogP contribution in [-0.4, -0.2) is 86.5 Å². The second-order valence-electron chi connectivity index (χ2n) is 7.47. The van der Waals surface area contributed by atoms with Gasteiger partial charge in [-0.3, -0.25) is 9.69 Å². The minimum Gasteiger partial charge on any atom is -0.373 e. The lowest BCUT2D eigenvalue weighted by molar-refractivity contribution is -0.137. The molecule has 8 heteroatoms. The minimum atomic E-state index is -3.36. The zero-order valence-electron chi connectivity index (χ0n) is 16.1. The van der Waals surface area contributed by atoms with E-state index in [0.29, 0.717) is 32.7 Å². The summed E-state index contributed by atoms with van der Waals surface area (Å²) in [5.41, 5.74) is 0.784. The fourth-order valence-electron chi connectivity index (χ4n) is 3.80. The van der Waals surface area contributed by atoms with Crippen LogP contribution in [0.5, 0.6) is 0 Å². The van der Waals surface area contributed by atoms with E-state index in [1.807, 2.05) is 44.2 Å². The maximum absolute atomic E-state index is 12.6. The molecule has 2 aliphatic rings. The average molecular weight is 396 g/mol. The van der Waals surface area contributed by atoms with Crippen molar-refractivity contribution in [2.24, 2.45) is 0 Å². The summed E-state index contributed by atoms with van der Waals surface area (Å²) in [5, 5.41) is 0. The van der Waals surface area contributed by atoms with Crippen molar-refractivity contribution in [2.75, 3.05) is 45.8 Å². The number of piperazine rings is 1. The van der Waals surface area contributed by atoms with E-state index in [0.717, 1.165) is 18.7 Å². The molecule has 3 rings (SSSR count). The van der Waals surface area contributed by atoms with Crippen molar-refractivity contribution >= 4 is 15.9 Å². The van der Waals surface area contributed by atoms with E-state index < -0.39 is 10.0 Å². The van der Waals surface area contributed by atoms with Crippen molar-refractivity contribution in [2.45, 2.75) is 31.8 Å². The fourth-order valence-corrected chi connectivity index (χ4v) is 5.31. The van der Waals surface area contributed by atoms with Crippen molar-refractivity contribution < 1.29 is 17.9 Å². The maximum Gasteiger partial charge on any atom is 0.236 e. The van der Waals surface area contributed by atoms with E-state index in [4.69, 9.17) is 4.74 Å². The molecule has 2 heterocycles. The number of amides is 1. The molecule has 0 saturated carbocycles. The Bertz CT molecular complexity index is 723. The van der Waals surface area contributed by atoms with E-state index in [2.05, 4.69) is 4.90 Å². The summed E-state index contributed by atoms with van der Waals surface area (Å²) < 4.78 is 32.4. The molecule has 27 heavy (non-hydrogen) atoms. The van der Waals surface area contributed by atoms with Gasteiger partial charge in [0, 0.05) is 39.3 Å². The van der Waals surface area contributed by atoms with Gasteiger partial charge in [-0.25, -0.2) is 8.42 Å². The van der Waals surface area contributed by atoms with E-state index in [1.165, 1.54) is 4.31 Å². The third-order valence-corrected chi connectivity index (χ3v) is 6.88. The van der Waals surface area contributed by atoms with E-state index in [-0.39, 0.29) is 23.9 Å². The molecule has 2 atom stereocenters. The van der Waals surface area contributed by atoms with Crippen LogP contribution < -0.4 is 0 Å². The van der Waals surface area contributed by atoms with Crippen molar-refractivity contribution in [3.63, 3.8) is 0 Å². The SMILES string of the molecule is CC1CN(CC(=O)N2CCN(S(=O)(=O)Cc3ccccc3)CC2)CC(C)O1. The summed E-state index contributed by atoms with van der Waals surface area (Å²) >= 11 is 0. The highest BCUT2D eigenvalue weighted by Crippen LogP contribution is 2.15. The summed E-state index contributed by atoms with van der Waals surface area (Å²) in [6.45, 7) is 7.52. The molecule has 0 N–H and O–H groups in total. The number of ether oxygens (including phenoxy) is 1. The summed E-state index contributed by atoms with van der Waals surface area (Å²) in [6, 6.07) is 9.20. The number of benzene rings is 1. The molecule has 1 amide bonds. The number of nitrogens with zero attached hydrogens (tertiary/aromatic N) is 3. The Kier molecular flexibility index (Phi) is 6.52. The van der Waals surface area contributed by atoms with E-state index >= 15 is 0 Å². The molecular weight excluding hydrogens is 366 g/mol. The predicted molar refractivity (Wildman–Crippen MR) is 104 cm³/mol. The van der Waals surface area contributed by atoms with Crippen LogP contribution >= 0.6 is 0 Å². The number of carbonyl (C=O) groups excluding carboxylic acids is 1. The first-order chi connectivity index (χ1) is 12.8. The summed E-state index contributed by atoms with van der Waals surface area (Å²) in [4.78, 5) is 16.5. The predicted octanol–water partition coefficient (Wildman–Crippen LogP) is 0.770. The standard InChI is InChI=1S/C19H29N3O4S/c1-16-12-20(13-17(2)26-16)14-19(23)21-8-10-22(11-9-21)27(24,25)15-18-6-4-3-5-7-18/h3-7,16-17H,8-15H2,1-2H3. The largest absolute Gasteiger partial charge is 0.373 e. The first kappa shape index (κ1) is 20.3. The van der Waals surface area contributed by atoms with Crippen LogP contribution in [0, 0.1) is 0 Å². The average Bonchev–Trinajstić information content (AvgIpc) is 2.61. The van der Waals surface area contributed by atoms with Crippen LogP contribution in [0.2, 0.25) is 0 Å². The maximum atomic E-state index is 12.6. The Hall–Kier alpha value is -1.48. The topological polar surface area (TPSA) is 70.2 Å². The van der Waals surface area contributed by atoms with Gasteiger partial charge in [-0.15, -0.1) is 0 Å². The van der Waals surface area contributed by atoms with Gasteiger partial charge in [0.1, 0.15) is 0 Å². The summed E-state index contributed by atoms with van der Waals surface area (Å²) in [5.74, 6) is 0.0714. The van der Waals surface area contributed by atoms with Crippen LogP contribution in [-0.2, 0) is 25.3 Å². The molecule has 0 radical (unpaired) electrons. The zero-order valence-corrected chi connectivity index (χ0v) is 16.9. The van der Waals surface area contributed by atoms with Crippen LogP contribution in [0.4, 0.5) is 0 Å². The lowest BCUT2D eigenvalue weighted by Crippen LogP contribution is -2.54. The molecule has 2 fully saturated rings. The second kappa shape index (κ2) is 8.68. The van der Waals surface area contributed by atoms with Crippen LogP contribution in [0.1, 0.15) is 19.4 Å². The molecule has 150 valence electrons. The molecule has 2 unspecified atom stereocenters. The van der Waals surface area contributed by atoms with E-state index in [9.17, 15) is 13.2 Å². The normalized spacial score (nSPS) is 25.5. The third kappa shape index (κ3) is 5.51. The fraction of sp³-hybridized carbons (Fsp3) is 0.632. The van der Waals surface area contributed by atoms with Crippen molar-refractivity contribution in [3.05, 3.63) is 35.9 Å². The van der Waals surface area contributed by atoms with Crippen LogP contribution in [0.3, 0.4) is 0 Å². The summed E-state index contributed by atoms with van der Waals surface area (Å²) in [6.07, 6.45) is 0.253. The molecule has 1 aromatic carbocycles. The Morgan fingerprint density at radius 1 is 1.04 bits per heavy atom. The molecule has 0 spiro atoms. The number of sulfonamides is 1. The van der Waals surface area contributed by atoms with Crippen LogP contribution in [0.25, 0.3) is 0 Å². The smallest absolute Gasteiger partial charge is 0.236 e. The molecule has 2 saturated heterocycles. The molecule has 1 aromatic rings. The molecule has 2 aliphatic heterocycles.